The van der Waals surface area contributed by atoms with E-state index in [2.05, 4.69) is 107 Å². The lowest BCUT2D eigenvalue weighted by molar-refractivity contribution is -0.169. The second kappa shape index (κ2) is 58.8. The van der Waals surface area contributed by atoms with Crippen LogP contribution in [-0.2, 0) is 84.9 Å². The van der Waals surface area contributed by atoms with Gasteiger partial charge in [-0.15, -0.1) is 12.4 Å². The Bertz CT molecular complexity index is 5040. The molecular formula is C112H177ClF3N11O20. The quantitative estimate of drug-likeness (QED) is 0.00690. The molecule has 7 aliphatic carbocycles. The number of carboxylic acid groups (broad SMARTS) is 1. The lowest BCUT2D eigenvalue weighted by Gasteiger charge is -2.41. The summed E-state index contributed by atoms with van der Waals surface area (Å²) in [4.78, 5) is 173. The van der Waals surface area contributed by atoms with Gasteiger partial charge in [-0.2, -0.15) is 23.4 Å². The van der Waals surface area contributed by atoms with Gasteiger partial charge in [0, 0.05) is 99.1 Å². The average molecular weight is 2090 g/mol. The van der Waals surface area contributed by atoms with Gasteiger partial charge in [-0.3, -0.25) is 79.4 Å². The van der Waals surface area contributed by atoms with Crippen LogP contribution in [0.3, 0.4) is 0 Å². The number of carboxylic acids is 1. The number of nitrogens with two attached hydrogens (primary N) is 1. The molecule has 2 heterocycles. The van der Waals surface area contributed by atoms with Gasteiger partial charge < -0.3 is 29.0 Å². The summed E-state index contributed by atoms with van der Waals surface area (Å²) < 4.78 is 61.7. The Morgan fingerprint density at radius 3 is 1.12 bits per heavy atom. The smallest absolute Gasteiger partial charge is 0.455 e. The number of halogens is 4. The third-order valence-corrected chi connectivity index (χ3v) is 28.5. The van der Waals surface area contributed by atoms with E-state index in [1.807, 2.05) is 109 Å². The van der Waals surface area contributed by atoms with Crippen LogP contribution in [-0.4, -0.2) is 167 Å². The molecule has 8 N–H and O–H groups in total. The Kier molecular flexibility index (Phi) is 53.9. The molecule has 0 spiro atoms. The topological polar surface area (TPSA) is 438 Å². The van der Waals surface area contributed by atoms with E-state index in [4.69, 9.17) is 29.9 Å². The van der Waals surface area contributed by atoms with Crippen molar-refractivity contribution in [2.75, 3.05) is 14.1 Å². The third kappa shape index (κ3) is 44.0. The summed E-state index contributed by atoms with van der Waals surface area (Å²) in [7, 11) is 2.79. The van der Waals surface area contributed by atoms with Crippen molar-refractivity contribution in [3.05, 3.63) is 130 Å². The minimum absolute atomic E-state index is 0. The van der Waals surface area contributed by atoms with E-state index in [1.165, 1.54) is 25.2 Å². The summed E-state index contributed by atoms with van der Waals surface area (Å²) >= 11 is 0. The second-order valence-corrected chi connectivity index (χ2v) is 46.2. The van der Waals surface area contributed by atoms with Crippen molar-refractivity contribution in [2.24, 2.45) is 79.8 Å². The molecule has 0 aliphatic heterocycles. The van der Waals surface area contributed by atoms with Gasteiger partial charge >= 0.3 is 36.3 Å². The maximum absolute atomic E-state index is 12.5. The first-order valence-electron chi connectivity index (χ1n) is 50.2. The normalized spacial score (nSPS) is 23.3. The van der Waals surface area contributed by atoms with Gasteiger partial charge in [-0.05, 0) is 270 Å². The highest BCUT2D eigenvalue weighted by Gasteiger charge is 2.48. The first kappa shape index (κ1) is 135. The summed E-state index contributed by atoms with van der Waals surface area (Å²) in [6.45, 7) is 53.4. The Labute approximate surface area is 878 Å². The van der Waals surface area contributed by atoms with Crippen LogP contribution in [0.1, 0.15) is 379 Å². The number of hydrogen-bond donors (Lipinski definition) is 7. The van der Waals surface area contributed by atoms with E-state index in [-0.39, 0.29) is 191 Å². The molecule has 4 aromatic rings. The number of allylic oxidation sites excluding steroid dienone is 2. The lowest BCUT2D eigenvalue weighted by Crippen LogP contribution is -2.51. The fourth-order valence-electron chi connectivity index (χ4n) is 21.5. The highest BCUT2D eigenvalue weighted by Crippen LogP contribution is 2.49. The first-order valence-corrected chi connectivity index (χ1v) is 50.2. The monoisotopic (exact) mass is 2090 g/mol. The highest BCUT2D eigenvalue weighted by atomic mass is 35.5. The van der Waals surface area contributed by atoms with Crippen LogP contribution in [0.5, 0.6) is 0 Å². The molecule has 0 saturated heterocycles. The SMILES string of the molecule is C.C.CC(=O)[C@H]1CCC(=O)C=C1C.CC(=O)[C@H]1CCC(=O)CC1(C)C.CC(=O)[C@H]1CC[C@@H](NNC(=O)OC(C)(C)C)CC1(C)C.CC(=O)[C@H]1CC[C@H](NN)CC1(C)C.CC(=O)[C@H]1CC[C@H](NNC(=O)OC(C)(C)C)CC1(C)C.CC(=O)[C@H]1CC[C@H](n2ncc(C(=O)O)c2C)CC1(C)C.CC(=O)[C@H]1CC[C@H](n2ncc(C(=O)OCc3ccccc3)c2C)CC1(C)C.CN(C)/C=C(\C(=O)OCc1ccccc1)C(=O)C(F)(F)F.Cl. The summed E-state index contributed by atoms with van der Waals surface area (Å²) in [5.74, 6) is 3.52. The van der Waals surface area contributed by atoms with Gasteiger partial charge in [0.15, 0.2) is 5.78 Å². The fraction of sp³-hybridized carbons (Fsp3) is 0.670. The summed E-state index contributed by atoms with van der Waals surface area (Å²) in [5.41, 5.74) is 16.5. The van der Waals surface area contributed by atoms with Crippen LogP contribution in [0.2, 0.25) is 0 Å². The fourth-order valence-corrected chi connectivity index (χ4v) is 21.5. The molecule has 11 rings (SSSR count). The van der Waals surface area contributed by atoms with E-state index in [0.717, 1.165) is 126 Å². The highest BCUT2D eigenvalue weighted by molar-refractivity contribution is 6.19. The number of alkyl halides is 3. The molecule has 31 nitrogen and oxygen atoms in total. The van der Waals surface area contributed by atoms with E-state index in [0.29, 0.717) is 60.1 Å². The van der Waals surface area contributed by atoms with E-state index < -0.39 is 52.9 Å². The number of nitrogens with one attached hydrogen (secondary N) is 5. The van der Waals surface area contributed by atoms with Gasteiger partial charge in [-0.1, -0.05) is 164 Å². The van der Waals surface area contributed by atoms with Gasteiger partial charge in [0.25, 0.3) is 5.78 Å². The number of aromatic carboxylic acids is 1. The molecule has 35 heteroatoms. The minimum atomic E-state index is -5.13. The van der Waals surface area contributed by atoms with Crippen molar-refractivity contribution < 1.29 is 109 Å². The second-order valence-electron chi connectivity index (χ2n) is 46.2. The van der Waals surface area contributed by atoms with E-state index in [1.54, 1.807) is 98.0 Å². The van der Waals surface area contributed by atoms with Crippen molar-refractivity contribution in [1.82, 2.24) is 51.6 Å². The third-order valence-electron chi connectivity index (χ3n) is 28.5. The van der Waals surface area contributed by atoms with Crippen LogP contribution in [0.25, 0.3) is 0 Å². The Hall–Kier alpha value is -10.3. The molecule has 6 saturated carbocycles. The van der Waals surface area contributed by atoms with Gasteiger partial charge in [-0.25, -0.2) is 34.8 Å². The van der Waals surface area contributed by atoms with Gasteiger partial charge in [0.2, 0.25) is 0 Å². The number of nitrogens with zero attached hydrogens (tertiary/aromatic N) is 5. The molecule has 2 aromatic carbocycles. The molecule has 7 aliphatic rings. The number of esters is 2. The van der Waals surface area contributed by atoms with Crippen LogP contribution in [0.4, 0.5) is 22.8 Å². The van der Waals surface area contributed by atoms with Crippen LogP contribution >= 0.6 is 12.4 Å². The largest absolute Gasteiger partial charge is 0.478 e. The number of hydrogen-bond acceptors (Lipinski definition) is 26. The molecule has 6 fully saturated rings. The molecular weight excluding hydrogens is 1910 g/mol. The molecule has 2 amide bonds. The van der Waals surface area contributed by atoms with Crippen molar-refractivity contribution in [1.29, 1.82) is 0 Å². The molecule has 0 bridgehead atoms. The average Bonchev–Trinajstić information content (AvgIpc) is 1.69. The minimum Gasteiger partial charge on any atom is -0.478 e. The van der Waals surface area contributed by atoms with E-state index in [9.17, 15) is 85.1 Å². The Balaban J connectivity index is 0.000000849. The number of hydrazine groups is 3. The number of ether oxygens (including phenoxy) is 4. The number of Topliss-reactive ketones (excluding diaryl/α,β-unsaturated/α-hetero) is 9. The number of benzene rings is 2. The molecule has 828 valence electrons. The number of carbonyl (C=O) groups is 15. The number of aromatic nitrogens is 4. The predicted octanol–water partition coefficient (Wildman–Crippen LogP) is 21.7. The number of rotatable bonds is 23. The lowest BCUT2D eigenvalue weighted by atomic mass is 9.66. The predicted molar refractivity (Wildman–Crippen MR) is 566 cm³/mol. The molecule has 147 heavy (non-hydrogen) atoms. The molecule has 12 atom stereocenters. The molecule has 0 unspecified atom stereocenters. The Morgan fingerprint density at radius 2 is 0.810 bits per heavy atom. The zero-order valence-corrected chi connectivity index (χ0v) is 92.4. The zero-order valence-electron chi connectivity index (χ0n) is 91.6. The maximum Gasteiger partial charge on any atom is 0.455 e. The van der Waals surface area contributed by atoms with Crippen molar-refractivity contribution >= 4 is 100 Å². The van der Waals surface area contributed by atoms with Crippen LogP contribution in [0.15, 0.2) is 96.5 Å². The number of ketones is 10. The van der Waals surface area contributed by atoms with Gasteiger partial charge in [0.1, 0.15) is 87.4 Å². The van der Waals surface area contributed by atoms with Crippen molar-refractivity contribution in [2.45, 2.75) is 398 Å². The van der Waals surface area contributed by atoms with E-state index >= 15 is 0 Å². The van der Waals surface area contributed by atoms with Crippen LogP contribution < -0.4 is 33.0 Å². The summed E-state index contributed by atoms with van der Waals surface area (Å²) in [6, 6.07) is 19.2. The number of amides is 2. The van der Waals surface area contributed by atoms with Crippen molar-refractivity contribution in [3.8, 4) is 0 Å². The Morgan fingerprint density at radius 1 is 0.469 bits per heavy atom. The molecule has 0 radical (unpaired) electrons. The first-order chi connectivity index (χ1) is 66.3. The van der Waals surface area contributed by atoms with Gasteiger partial charge in [0.05, 0.1) is 35.9 Å². The maximum atomic E-state index is 12.5. The van der Waals surface area contributed by atoms with Crippen molar-refractivity contribution in [3.63, 3.8) is 0 Å². The summed E-state index contributed by atoms with van der Waals surface area (Å²) in [5, 5.41) is 17.8. The van der Waals surface area contributed by atoms with Crippen LogP contribution in [0, 0.1) is 87.8 Å². The summed E-state index contributed by atoms with van der Waals surface area (Å²) in [6.07, 6.45) is 15.8. The molecule has 2 aromatic heterocycles. The zero-order chi connectivity index (χ0) is 110. The standard InChI is InChI=1S/C22H28N2O3.C15H22N2O3.2C15H28N2O3.C14H14F3NO3.C10H20N2O.C10H16O2.C9H12O2.2CH4.ClH/c1-15-19(21(26)27-14-17-8-6-5-7-9-17)13-23-24(15)18-10-11-20(16(2)25)22(3,4)12-18;1-9-12(14(19)20)8-16-17(9)11-5-6-13(10(2)18)15(3,4)7-11;2*1-10(18)12-8-7-11(9-15(12,5)6)16-17-13(19)20-14(2,3)4;1-18(2)8-11(12(19)14(15,16)17)13(20)21-9-10-6-4-3-5-7-10;1-7(13)9-5-4-8(12-11)6-10(9,2)3;1-7(11)9-5-4-8(12)6-10(9,2)3;1-6-5-8(11)3-4-9(6)7(2)10;;;/h5-9,13,18,20H,10-12,14H2,1-4H3;8,11,13H,5-7H2,1-4H3,(H,19,20);2*11-12,16H,7-9H2,1-6H3,(H,17,19);3-8H,9H2,1-2H3;8-9,12H,4-6,11H2,1-3H3;9H,4-6H2,1-3H3;5,9H,3-4H2,1-2H3;2*1H4;1H/b;;;;11-8-;;;;;;/t18-,20+;11-,13+;11-,12+;11-,12-;;8-,9+;2*9-;;;/m0001.010.../s1. The number of carbonyl (C=O) groups excluding carboxylic acids is 14.